The summed E-state index contributed by atoms with van der Waals surface area (Å²) in [7, 11) is 0. The van der Waals surface area contributed by atoms with Crippen molar-refractivity contribution < 1.29 is 4.79 Å². The number of carbonyl (C=O) groups is 1. The van der Waals surface area contributed by atoms with E-state index in [1.54, 1.807) is 18.5 Å². The number of aromatic nitrogens is 4. The maximum absolute atomic E-state index is 12.2. The van der Waals surface area contributed by atoms with Crippen LogP contribution < -0.4 is 10.2 Å². The molecule has 0 saturated carbocycles. The Hall–Kier alpha value is -2.80. The van der Waals surface area contributed by atoms with Gasteiger partial charge in [0, 0.05) is 30.4 Å². The Labute approximate surface area is 155 Å². The number of benzene rings is 1. The maximum atomic E-state index is 12.2. The van der Waals surface area contributed by atoms with E-state index in [-0.39, 0.29) is 11.9 Å². The van der Waals surface area contributed by atoms with Crippen molar-refractivity contribution >= 4 is 34.4 Å². The largest absolute Gasteiger partial charge is 0.355 e. The number of nitrogens with one attached hydrogen (secondary N) is 1. The van der Waals surface area contributed by atoms with E-state index in [1.165, 1.54) is 6.33 Å². The summed E-state index contributed by atoms with van der Waals surface area (Å²) in [6.07, 6.45) is 6.41. The third kappa shape index (κ3) is 3.57. The van der Waals surface area contributed by atoms with Gasteiger partial charge in [0.15, 0.2) is 0 Å². The Morgan fingerprint density at radius 3 is 2.77 bits per heavy atom. The average molecular weight is 369 g/mol. The van der Waals surface area contributed by atoms with E-state index in [2.05, 4.69) is 30.2 Å². The van der Waals surface area contributed by atoms with E-state index in [0.29, 0.717) is 10.7 Å². The van der Waals surface area contributed by atoms with Crippen LogP contribution in [0.5, 0.6) is 0 Å². The minimum Gasteiger partial charge on any atom is -0.355 e. The molecule has 0 spiro atoms. The van der Waals surface area contributed by atoms with Crippen LogP contribution in [0.3, 0.4) is 0 Å². The van der Waals surface area contributed by atoms with Crippen LogP contribution >= 0.6 is 11.6 Å². The number of halogens is 1. The molecule has 0 unspecified atom stereocenters. The van der Waals surface area contributed by atoms with Crippen molar-refractivity contribution in [3.63, 3.8) is 0 Å². The average Bonchev–Trinajstić information content (AvgIpc) is 2.69. The molecule has 0 aliphatic carbocycles. The van der Waals surface area contributed by atoms with Crippen LogP contribution in [0.15, 0.2) is 43.0 Å². The highest BCUT2D eigenvalue weighted by Crippen LogP contribution is 2.22. The molecular weight excluding hydrogens is 352 g/mol. The van der Waals surface area contributed by atoms with Gasteiger partial charge in [0.05, 0.1) is 17.2 Å². The van der Waals surface area contributed by atoms with E-state index >= 15 is 0 Å². The summed E-state index contributed by atoms with van der Waals surface area (Å²) < 4.78 is 0. The lowest BCUT2D eigenvalue weighted by atomic mass is 10.0. The van der Waals surface area contributed by atoms with Gasteiger partial charge in [0.2, 0.25) is 0 Å². The molecule has 8 heteroatoms. The quantitative estimate of drug-likeness (QED) is 0.764. The van der Waals surface area contributed by atoms with Crippen molar-refractivity contribution in [2.24, 2.45) is 0 Å². The third-order valence-electron chi connectivity index (χ3n) is 4.46. The standard InChI is InChI=1S/C18H17ClN6O/c19-12-1-2-14-16(9-12)21-10-17(24-14)25-7-4-13(5-8-25)23-18(26)15-3-6-20-11-22-15/h1-3,6,9-11,13H,4-5,7-8H2,(H,23,26). The summed E-state index contributed by atoms with van der Waals surface area (Å²) in [5.74, 6) is 0.689. The third-order valence-corrected chi connectivity index (χ3v) is 4.70. The number of amides is 1. The molecule has 1 aromatic carbocycles. The van der Waals surface area contributed by atoms with Crippen LogP contribution in [0.2, 0.25) is 5.02 Å². The summed E-state index contributed by atoms with van der Waals surface area (Å²) >= 11 is 5.99. The summed E-state index contributed by atoms with van der Waals surface area (Å²) in [6.45, 7) is 1.62. The molecule has 0 bridgehead atoms. The van der Waals surface area contributed by atoms with Crippen molar-refractivity contribution in [2.75, 3.05) is 18.0 Å². The van der Waals surface area contributed by atoms with Crippen molar-refractivity contribution in [1.29, 1.82) is 0 Å². The van der Waals surface area contributed by atoms with Gasteiger partial charge < -0.3 is 10.2 Å². The molecule has 1 fully saturated rings. The lowest BCUT2D eigenvalue weighted by Crippen LogP contribution is -2.45. The van der Waals surface area contributed by atoms with E-state index < -0.39 is 0 Å². The van der Waals surface area contributed by atoms with Crippen LogP contribution in [0.4, 0.5) is 5.82 Å². The van der Waals surface area contributed by atoms with Crippen molar-refractivity contribution in [3.8, 4) is 0 Å². The van der Waals surface area contributed by atoms with Crippen LogP contribution in [0, 0.1) is 0 Å². The highest BCUT2D eigenvalue weighted by Gasteiger charge is 2.22. The fraction of sp³-hybridized carbons (Fsp3) is 0.278. The molecule has 132 valence electrons. The van der Waals surface area contributed by atoms with E-state index in [9.17, 15) is 4.79 Å². The molecule has 1 aliphatic rings. The van der Waals surface area contributed by atoms with E-state index in [4.69, 9.17) is 11.6 Å². The first-order chi connectivity index (χ1) is 12.7. The number of fused-ring (bicyclic) bond motifs is 1. The Kier molecular flexibility index (Phi) is 4.62. The first kappa shape index (κ1) is 16.7. The summed E-state index contributed by atoms with van der Waals surface area (Å²) in [5.41, 5.74) is 2.00. The number of carbonyl (C=O) groups excluding carboxylic acids is 1. The molecule has 3 aromatic rings. The van der Waals surface area contributed by atoms with Crippen LogP contribution in [0.1, 0.15) is 23.3 Å². The topological polar surface area (TPSA) is 83.9 Å². The lowest BCUT2D eigenvalue weighted by molar-refractivity contribution is 0.0926. The van der Waals surface area contributed by atoms with E-state index in [1.807, 2.05) is 18.2 Å². The number of rotatable bonds is 3. The number of anilines is 1. The predicted octanol–water partition coefficient (Wildman–Crippen LogP) is 2.47. The molecule has 0 atom stereocenters. The Morgan fingerprint density at radius 2 is 2.00 bits per heavy atom. The SMILES string of the molecule is O=C(NC1CCN(c2cnc3cc(Cl)ccc3n2)CC1)c1ccncn1. The van der Waals surface area contributed by atoms with E-state index in [0.717, 1.165) is 42.8 Å². The zero-order chi connectivity index (χ0) is 17.9. The van der Waals surface area contributed by atoms with Crippen molar-refractivity contribution in [1.82, 2.24) is 25.3 Å². The lowest BCUT2D eigenvalue weighted by Gasteiger charge is -2.33. The van der Waals surface area contributed by atoms with Crippen molar-refractivity contribution in [3.05, 3.63) is 53.7 Å². The minimum absolute atomic E-state index is 0.126. The highest BCUT2D eigenvalue weighted by molar-refractivity contribution is 6.31. The van der Waals surface area contributed by atoms with Gasteiger partial charge in [-0.05, 0) is 37.1 Å². The fourth-order valence-corrected chi connectivity index (χ4v) is 3.23. The van der Waals surface area contributed by atoms with Gasteiger partial charge in [-0.2, -0.15) is 0 Å². The zero-order valence-electron chi connectivity index (χ0n) is 14.0. The van der Waals surface area contributed by atoms with Gasteiger partial charge >= 0.3 is 0 Å². The van der Waals surface area contributed by atoms with Gasteiger partial charge in [-0.15, -0.1) is 0 Å². The summed E-state index contributed by atoms with van der Waals surface area (Å²) in [6, 6.07) is 7.24. The number of piperidine rings is 1. The van der Waals surface area contributed by atoms with Crippen molar-refractivity contribution in [2.45, 2.75) is 18.9 Å². The molecule has 1 amide bonds. The number of hydrogen-bond acceptors (Lipinski definition) is 6. The molecule has 1 aliphatic heterocycles. The Morgan fingerprint density at radius 1 is 1.15 bits per heavy atom. The molecule has 3 heterocycles. The summed E-state index contributed by atoms with van der Waals surface area (Å²) in [5, 5.41) is 3.69. The predicted molar refractivity (Wildman–Crippen MR) is 99.3 cm³/mol. The molecular formula is C18H17ClN6O. The van der Waals surface area contributed by atoms with Gasteiger partial charge in [0.1, 0.15) is 17.8 Å². The van der Waals surface area contributed by atoms with Gasteiger partial charge in [-0.3, -0.25) is 9.78 Å². The highest BCUT2D eigenvalue weighted by atomic mass is 35.5. The maximum Gasteiger partial charge on any atom is 0.270 e. The summed E-state index contributed by atoms with van der Waals surface area (Å²) in [4.78, 5) is 31.3. The van der Waals surface area contributed by atoms with Gasteiger partial charge in [-0.25, -0.2) is 15.0 Å². The molecule has 2 aromatic heterocycles. The molecule has 1 N–H and O–H groups in total. The smallest absolute Gasteiger partial charge is 0.270 e. The first-order valence-electron chi connectivity index (χ1n) is 8.43. The minimum atomic E-state index is -0.159. The van der Waals surface area contributed by atoms with Crippen LogP contribution in [-0.2, 0) is 0 Å². The van der Waals surface area contributed by atoms with Crippen LogP contribution in [-0.4, -0.2) is 45.0 Å². The Bertz CT molecular complexity index is 927. The second kappa shape index (κ2) is 7.21. The van der Waals surface area contributed by atoms with Gasteiger partial charge in [-0.1, -0.05) is 11.6 Å². The zero-order valence-corrected chi connectivity index (χ0v) is 14.7. The second-order valence-electron chi connectivity index (χ2n) is 6.19. The molecule has 4 rings (SSSR count). The monoisotopic (exact) mass is 368 g/mol. The van der Waals surface area contributed by atoms with Crippen LogP contribution in [0.25, 0.3) is 11.0 Å². The first-order valence-corrected chi connectivity index (χ1v) is 8.81. The molecule has 1 saturated heterocycles. The number of hydrogen-bond donors (Lipinski definition) is 1. The van der Waals surface area contributed by atoms with Gasteiger partial charge in [0.25, 0.3) is 5.91 Å². The molecule has 0 radical (unpaired) electrons. The fourth-order valence-electron chi connectivity index (χ4n) is 3.06. The molecule has 7 nitrogen and oxygen atoms in total. The second-order valence-corrected chi connectivity index (χ2v) is 6.63. The Balaban J connectivity index is 1.39. The number of nitrogens with zero attached hydrogens (tertiary/aromatic N) is 5. The molecule has 26 heavy (non-hydrogen) atoms. The normalized spacial score (nSPS) is 15.2.